The first-order valence-electron chi connectivity index (χ1n) is 12.0. The number of methoxy groups -OCH3 is 1. The number of ether oxygens (including phenoxy) is 3. The maximum atomic E-state index is 14.2. The van der Waals surface area contributed by atoms with Gasteiger partial charge in [-0.1, -0.05) is 19.9 Å². The number of Topliss-reactive ketones (excluding diaryl/α,β-unsaturated/α-hetero) is 1. The smallest absolute Gasteiger partial charge is 0.296 e. The standard InChI is InChI=1S/C26H29FN2O5S/c1-14(2)8-10-33-19-6-4-15(12-20(19)32-3)22-21-23(30)17-13-16(27)5-7-18(17)34-24(21)25(31)29(22)26-28-9-11-35-26/h4,6,9,11-12,14,16-18,22H,5,7-8,10,13H2,1-3H3. The van der Waals surface area contributed by atoms with Crippen LogP contribution in [0.1, 0.15) is 51.1 Å². The summed E-state index contributed by atoms with van der Waals surface area (Å²) in [5.41, 5.74) is 0.950. The lowest BCUT2D eigenvalue weighted by Crippen LogP contribution is -2.42. The van der Waals surface area contributed by atoms with Gasteiger partial charge in [-0.05, 0) is 49.3 Å². The van der Waals surface area contributed by atoms with Gasteiger partial charge < -0.3 is 14.2 Å². The molecule has 0 spiro atoms. The van der Waals surface area contributed by atoms with Crippen molar-refractivity contribution in [3.63, 3.8) is 0 Å². The number of hydrogen-bond donors (Lipinski definition) is 0. The van der Waals surface area contributed by atoms with Crippen molar-refractivity contribution in [2.45, 2.75) is 57.8 Å². The molecule has 7 nitrogen and oxygen atoms in total. The van der Waals surface area contributed by atoms with Crippen LogP contribution in [0, 0.1) is 11.8 Å². The monoisotopic (exact) mass is 500 g/mol. The number of carbonyl (C=O) groups is 2. The van der Waals surface area contributed by atoms with E-state index in [0.29, 0.717) is 47.6 Å². The van der Waals surface area contributed by atoms with E-state index in [2.05, 4.69) is 18.8 Å². The minimum absolute atomic E-state index is 0.0602. The molecule has 5 rings (SSSR count). The summed E-state index contributed by atoms with van der Waals surface area (Å²) >= 11 is 1.31. The second kappa shape index (κ2) is 9.60. The van der Waals surface area contributed by atoms with Crippen LogP contribution in [0.3, 0.4) is 0 Å². The number of ketones is 1. The van der Waals surface area contributed by atoms with E-state index in [9.17, 15) is 14.0 Å². The molecule has 35 heavy (non-hydrogen) atoms. The third-order valence-electron chi connectivity index (χ3n) is 6.87. The van der Waals surface area contributed by atoms with Crippen LogP contribution in [0.25, 0.3) is 0 Å². The third-order valence-corrected chi connectivity index (χ3v) is 7.64. The first-order chi connectivity index (χ1) is 16.9. The van der Waals surface area contributed by atoms with Crippen LogP contribution < -0.4 is 14.4 Å². The number of carbonyl (C=O) groups excluding carboxylic acids is 2. The van der Waals surface area contributed by atoms with Gasteiger partial charge in [-0.15, -0.1) is 11.3 Å². The van der Waals surface area contributed by atoms with Gasteiger partial charge >= 0.3 is 0 Å². The van der Waals surface area contributed by atoms with Crippen LogP contribution in [-0.4, -0.2) is 42.7 Å². The van der Waals surface area contributed by atoms with Gasteiger partial charge in [0.2, 0.25) is 0 Å². The molecule has 0 bridgehead atoms. The van der Waals surface area contributed by atoms with Crippen LogP contribution >= 0.6 is 11.3 Å². The summed E-state index contributed by atoms with van der Waals surface area (Å²) in [4.78, 5) is 33.1. The highest BCUT2D eigenvalue weighted by molar-refractivity contribution is 7.13. The Balaban J connectivity index is 1.55. The quantitative estimate of drug-likeness (QED) is 0.531. The molecule has 186 valence electrons. The molecule has 3 heterocycles. The predicted octanol–water partition coefficient (Wildman–Crippen LogP) is 5.02. The summed E-state index contributed by atoms with van der Waals surface area (Å²) in [6.07, 6.45) is 1.87. The first-order valence-corrected chi connectivity index (χ1v) is 12.9. The number of rotatable bonds is 7. The van der Waals surface area contributed by atoms with E-state index in [-0.39, 0.29) is 23.5 Å². The van der Waals surface area contributed by atoms with Crippen LogP contribution in [0.15, 0.2) is 41.1 Å². The summed E-state index contributed by atoms with van der Waals surface area (Å²) in [7, 11) is 1.56. The number of benzene rings is 1. The molecule has 3 aliphatic rings. The van der Waals surface area contributed by atoms with Gasteiger partial charge in [0.05, 0.1) is 31.2 Å². The molecule has 2 aliphatic heterocycles. The SMILES string of the molecule is COc1cc(C2C3=C(OC4CCC(F)CC4C3=O)C(=O)N2c2nccs2)ccc1OCCC(C)C. The molecule has 1 amide bonds. The Morgan fingerprint density at radius 2 is 2.09 bits per heavy atom. The summed E-state index contributed by atoms with van der Waals surface area (Å²) in [6, 6.07) is 4.68. The third kappa shape index (κ3) is 4.30. The molecule has 1 fully saturated rings. The Hall–Kier alpha value is -2.94. The van der Waals surface area contributed by atoms with Gasteiger partial charge in [0.1, 0.15) is 12.3 Å². The average Bonchev–Trinajstić information content (AvgIpc) is 3.46. The Bertz CT molecular complexity index is 1150. The molecule has 4 unspecified atom stereocenters. The fourth-order valence-corrected chi connectivity index (χ4v) is 5.71. The van der Waals surface area contributed by atoms with Crippen molar-refractivity contribution in [1.29, 1.82) is 0 Å². The lowest BCUT2D eigenvalue weighted by atomic mass is 9.77. The molecule has 1 aromatic heterocycles. The molecule has 2 aromatic rings. The van der Waals surface area contributed by atoms with E-state index in [1.54, 1.807) is 30.8 Å². The zero-order valence-electron chi connectivity index (χ0n) is 20.0. The van der Waals surface area contributed by atoms with Gasteiger partial charge in [-0.3, -0.25) is 14.5 Å². The summed E-state index contributed by atoms with van der Waals surface area (Å²) in [5.74, 6) is 0.462. The van der Waals surface area contributed by atoms with E-state index in [1.165, 1.54) is 16.2 Å². The fourth-order valence-electron chi connectivity index (χ4n) is 5.04. The maximum Gasteiger partial charge on any atom is 0.296 e. The Morgan fingerprint density at radius 1 is 1.26 bits per heavy atom. The number of halogens is 1. The van der Waals surface area contributed by atoms with Gasteiger partial charge in [0.15, 0.2) is 28.2 Å². The van der Waals surface area contributed by atoms with Crippen molar-refractivity contribution in [3.8, 4) is 11.5 Å². The zero-order valence-corrected chi connectivity index (χ0v) is 20.8. The molecule has 9 heteroatoms. The second-order valence-corrected chi connectivity index (χ2v) is 10.5. The average molecular weight is 501 g/mol. The number of alkyl halides is 1. The van der Waals surface area contributed by atoms with E-state index in [1.807, 2.05) is 6.07 Å². The maximum absolute atomic E-state index is 14.2. The number of anilines is 1. The number of aromatic nitrogens is 1. The molecular weight excluding hydrogens is 471 g/mol. The van der Waals surface area contributed by atoms with Crippen LogP contribution in [0.4, 0.5) is 9.52 Å². The minimum atomic E-state index is -1.04. The lowest BCUT2D eigenvalue weighted by Gasteiger charge is -2.36. The second-order valence-electron chi connectivity index (χ2n) is 9.61. The molecule has 4 atom stereocenters. The molecule has 1 aliphatic carbocycles. The molecule has 0 radical (unpaired) electrons. The molecule has 0 saturated heterocycles. The summed E-state index contributed by atoms with van der Waals surface area (Å²) in [6.45, 7) is 4.81. The number of fused-ring (bicyclic) bond motifs is 1. The molecule has 1 aromatic carbocycles. The lowest BCUT2D eigenvalue weighted by molar-refractivity contribution is -0.133. The van der Waals surface area contributed by atoms with Crippen molar-refractivity contribution < 1.29 is 28.2 Å². The van der Waals surface area contributed by atoms with Crippen LogP contribution in [0.5, 0.6) is 11.5 Å². The fraction of sp³-hybridized carbons (Fsp3) is 0.500. The van der Waals surface area contributed by atoms with Gasteiger partial charge in [0.25, 0.3) is 5.91 Å². The first kappa shape index (κ1) is 23.8. The van der Waals surface area contributed by atoms with Crippen molar-refractivity contribution >= 4 is 28.2 Å². The summed E-state index contributed by atoms with van der Waals surface area (Å²) in [5, 5.41) is 2.24. The highest BCUT2D eigenvalue weighted by Gasteiger charge is 2.54. The van der Waals surface area contributed by atoms with E-state index < -0.39 is 30.1 Å². The van der Waals surface area contributed by atoms with E-state index in [0.717, 1.165) is 6.42 Å². The van der Waals surface area contributed by atoms with E-state index >= 15 is 0 Å². The largest absolute Gasteiger partial charge is 0.493 e. The Morgan fingerprint density at radius 3 is 2.80 bits per heavy atom. The topological polar surface area (TPSA) is 78.0 Å². The Kier molecular flexibility index (Phi) is 6.53. The predicted molar refractivity (Wildman–Crippen MR) is 129 cm³/mol. The van der Waals surface area contributed by atoms with Crippen molar-refractivity contribution in [2.75, 3.05) is 18.6 Å². The number of nitrogens with zero attached hydrogens (tertiary/aromatic N) is 2. The highest BCUT2D eigenvalue weighted by atomic mass is 32.1. The minimum Gasteiger partial charge on any atom is -0.493 e. The number of thiazole rings is 1. The molecule has 0 N–H and O–H groups in total. The van der Waals surface area contributed by atoms with Gasteiger partial charge in [0, 0.05) is 11.6 Å². The van der Waals surface area contributed by atoms with Crippen molar-refractivity contribution in [3.05, 3.63) is 46.7 Å². The Labute approximate surface area is 207 Å². The molecule has 1 saturated carbocycles. The van der Waals surface area contributed by atoms with Crippen molar-refractivity contribution in [1.82, 2.24) is 4.98 Å². The summed E-state index contributed by atoms with van der Waals surface area (Å²) < 4.78 is 31.8. The van der Waals surface area contributed by atoms with Crippen LogP contribution in [-0.2, 0) is 14.3 Å². The van der Waals surface area contributed by atoms with E-state index in [4.69, 9.17) is 14.2 Å². The van der Waals surface area contributed by atoms with Gasteiger partial charge in [-0.25, -0.2) is 9.37 Å². The van der Waals surface area contributed by atoms with Crippen molar-refractivity contribution in [2.24, 2.45) is 11.8 Å². The normalized spacial score (nSPS) is 26.0. The number of hydrogen-bond acceptors (Lipinski definition) is 7. The zero-order chi connectivity index (χ0) is 24.7. The van der Waals surface area contributed by atoms with Gasteiger partial charge in [-0.2, -0.15) is 0 Å². The number of amides is 1. The van der Waals surface area contributed by atoms with Crippen LogP contribution in [0.2, 0.25) is 0 Å². The molecular formula is C26H29FN2O5S. The highest BCUT2D eigenvalue weighted by Crippen LogP contribution is 2.49.